The van der Waals surface area contributed by atoms with Gasteiger partial charge in [-0.15, -0.1) is 0 Å². The van der Waals surface area contributed by atoms with E-state index >= 15 is 0 Å². The van der Waals surface area contributed by atoms with E-state index in [1.165, 1.54) is 5.70 Å². The molecule has 3 heteroatoms. The lowest BCUT2D eigenvalue weighted by atomic mass is 10.0. The minimum absolute atomic E-state index is 0.973. The molecule has 0 spiro atoms. The molecular formula is C19H21N3. The number of hydrogen-bond donors (Lipinski definition) is 1. The van der Waals surface area contributed by atoms with Crippen molar-refractivity contribution in [2.45, 2.75) is 6.42 Å². The molecule has 0 radical (unpaired) electrons. The summed E-state index contributed by atoms with van der Waals surface area (Å²) in [5.41, 5.74) is 7.67. The molecule has 0 bridgehead atoms. The monoisotopic (exact) mass is 291 g/mol. The Labute approximate surface area is 132 Å². The van der Waals surface area contributed by atoms with Gasteiger partial charge in [0, 0.05) is 36.3 Å². The summed E-state index contributed by atoms with van der Waals surface area (Å²) in [6, 6.07) is 20.6. The van der Waals surface area contributed by atoms with E-state index in [1.54, 1.807) is 0 Å². The summed E-state index contributed by atoms with van der Waals surface area (Å²) in [7, 11) is 2.13. The molecule has 0 fully saturated rings. The molecule has 0 saturated carbocycles. The predicted octanol–water partition coefficient (Wildman–Crippen LogP) is 3.25. The summed E-state index contributed by atoms with van der Waals surface area (Å²) in [6.45, 7) is 2.05. The quantitative estimate of drug-likeness (QED) is 0.692. The molecule has 0 aromatic heterocycles. The number of rotatable bonds is 4. The van der Waals surface area contributed by atoms with Crippen molar-refractivity contribution in [1.82, 2.24) is 10.3 Å². The topological polar surface area (TPSA) is 27.6 Å². The highest BCUT2D eigenvalue weighted by molar-refractivity contribution is 6.12. The van der Waals surface area contributed by atoms with Crippen molar-refractivity contribution in [3.8, 4) is 0 Å². The lowest BCUT2D eigenvalue weighted by Gasteiger charge is -2.21. The van der Waals surface area contributed by atoms with Crippen molar-refractivity contribution in [2.24, 2.45) is 5.10 Å². The van der Waals surface area contributed by atoms with Gasteiger partial charge in [0.2, 0.25) is 0 Å². The maximum absolute atomic E-state index is 4.69. The van der Waals surface area contributed by atoms with Crippen molar-refractivity contribution < 1.29 is 0 Å². The van der Waals surface area contributed by atoms with Gasteiger partial charge in [-0.2, -0.15) is 5.10 Å². The van der Waals surface area contributed by atoms with Crippen LogP contribution in [0.1, 0.15) is 17.5 Å². The highest BCUT2D eigenvalue weighted by atomic mass is 15.3. The summed E-state index contributed by atoms with van der Waals surface area (Å²) in [6.07, 6.45) is 3.22. The second kappa shape index (κ2) is 7.05. The van der Waals surface area contributed by atoms with Crippen LogP contribution in [-0.2, 0) is 0 Å². The molecule has 1 N–H and O–H groups in total. The van der Waals surface area contributed by atoms with E-state index in [2.05, 4.69) is 47.7 Å². The highest BCUT2D eigenvalue weighted by Gasteiger charge is 2.09. The van der Waals surface area contributed by atoms with Gasteiger partial charge in [-0.1, -0.05) is 60.7 Å². The van der Waals surface area contributed by atoms with Crippen molar-refractivity contribution in [2.75, 3.05) is 20.1 Å². The lowest BCUT2D eigenvalue weighted by Crippen LogP contribution is -2.27. The summed E-state index contributed by atoms with van der Waals surface area (Å²) >= 11 is 0. The molecule has 0 aliphatic carbocycles. The van der Waals surface area contributed by atoms with Gasteiger partial charge < -0.3 is 4.90 Å². The summed E-state index contributed by atoms with van der Waals surface area (Å²) < 4.78 is 0. The van der Waals surface area contributed by atoms with Crippen LogP contribution in [0.3, 0.4) is 0 Å². The molecule has 0 saturated heterocycles. The standard InChI is InChI=1S/C19H21N3/c1-22-14-12-18(13-15-22)20-21-19(16-8-4-2-5-9-16)17-10-6-3-7-11-17/h2-12,20H,13-15H2,1H3. The van der Waals surface area contributed by atoms with Crippen molar-refractivity contribution in [3.63, 3.8) is 0 Å². The first-order chi connectivity index (χ1) is 10.8. The Balaban J connectivity index is 1.87. The van der Waals surface area contributed by atoms with Crippen molar-refractivity contribution in [1.29, 1.82) is 0 Å². The Bertz CT molecular complexity index is 618. The van der Waals surface area contributed by atoms with E-state index in [9.17, 15) is 0 Å². The zero-order valence-corrected chi connectivity index (χ0v) is 12.9. The van der Waals surface area contributed by atoms with Gasteiger partial charge in [0.25, 0.3) is 0 Å². The van der Waals surface area contributed by atoms with Crippen LogP contribution in [0.15, 0.2) is 77.5 Å². The maximum Gasteiger partial charge on any atom is 0.0977 e. The van der Waals surface area contributed by atoms with Crippen molar-refractivity contribution >= 4 is 5.71 Å². The van der Waals surface area contributed by atoms with Gasteiger partial charge in [-0.25, -0.2) is 0 Å². The smallest absolute Gasteiger partial charge is 0.0977 e. The second-order valence-electron chi connectivity index (χ2n) is 5.55. The van der Waals surface area contributed by atoms with Crippen molar-refractivity contribution in [3.05, 3.63) is 83.6 Å². The summed E-state index contributed by atoms with van der Waals surface area (Å²) in [5, 5.41) is 4.69. The lowest BCUT2D eigenvalue weighted by molar-refractivity contribution is 0.353. The fourth-order valence-corrected chi connectivity index (χ4v) is 2.49. The normalized spacial score (nSPS) is 15.0. The number of nitrogens with zero attached hydrogens (tertiary/aromatic N) is 2. The molecule has 3 nitrogen and oxygen atoms in total. The van der Waals surface area contributed by atoms with Crippen LogP contribution in [0, 0.1) is 0 Å². The first kappa shape index (κ1) is 14.5. The molecule has 2 aromatic rings. The largest absolute Gasteiger partial charge is 0.302 e. The van der Waals surface area contributed by atoms with Crippen LogP contribution in [0.5, 0.6) is 0 Å². The van der Waals surface area contributed by atoms with Crippen LogP contribution >= 0.6 is 0 Å². The molecule has 3 rings (SSSR count). The van der Waals surface area contributed by atoms with Gasteiger partial charge in [-0.05, 0) is 13.1 Å². The van der Waals surface area contributed by atoms with Gasteiger partial charge in [0.15, 0.2) is 0 Å². The van der Waals surface area contributed by atoms with Crippen LogP contribution in [-0.4, -0.2) is 30.7 Å². The third-order valence-corrected chi connectivity index (χ3v) is 3.82. The maximum atomic E-state index is 4.69. The fourth-order valence-electron chi connectivity index (χ4n) is 2.49. The summed E-state index contributed by atoms with van der Waals surface area (Å²) in [4.78, 5) is 2.30. The molecule has 2 aromatic carbocycles. The van der Waals surface area contributed by atoms with Gasteiger partial charge >= 0.3 is 0 Å². The first-order valence-electron chi connectivity index (χ1n) is 7.65. The minimum Gasteiger partial charge on any atom is -0.302 e. The molecular weight excluding hydrogens is 270 g/mol. The Morgan fingerprint density at radius 3 is 2.05 bits per heavy atom. The Morgan fingerprint density at radius 2 is 1.55 bits per heavy atom. The van der Waals surface area contributed by atoms with Gasteiger partial charge in [0.05, 0.1) is 5.71 Å². The zero-order chi connectivity index (χ0) is 15.2. The molecule has 1 heterocycles. The Kier molecular flexibility index (Phi) is 4.66. The number of hydrazone groups is 1. The molecule has 22 heavy (non-hydrogen) atoms. The van der Waals surface area contributed by atoms with Crippen LogP contribution in [0.4, 0.5) is 0 Å². The number of nitrogens with one attached hydrogen (secondary N) is 1. The molecule has 0 atom stereocenters. The third-order valence-electron chi connectivity index (χ3n) is 3.82. The minimum atomic E-state index is 0.973. The third kappa shape index (κ3) is 3.62. The molecule has 0 amide bonds. The number of hydrogen-bond acceptors (Lipinski definition) is 3. The number of benzene rings is 2. The Hall–Kier alpha value is -2.39. The van der Waals surface area contributed by atoms with E-state index in [1.807, 2.05) is 36.4 Å². The second-order valence-corrected chi connectivity index (χ2v) is 5.55. The summed E-state index contributed by atoms with van der Waals surface area (Å²) in [5.74, 6) is 0. The first-order valence-corrected chi connectivity index (χ1v) is 7.65. The van der Waals surface area contributed by atoms with E-state index in [-0.39, 0.29) is 0 Å². The van der Waals surface area contributed by atoms with Gasteiger partial charge in [0.1, 0.15) is 0 Å². The number of likely N-dealkylation sites (N-methyl/N-ethyl adjacent to an activating group) is 1. The van der Waals surface area contributed by atoms with Crippen LogP contribution in [0.25, 0.3) is 0 Å². The molecule has 112 valence electrons. The highest BCUT2D eigenvalue weighted by Crippen LogP contribution is 2.12. The van der Waals surface area contributed by atoms with Gasteiger partial charge in [-0.3, -0.25) is 5.43 Å². The van der Waals surface area contributed by atoms with Crippen LogP contribution in [0.2, 0.25) is 0 Å². The average Bonchev–Trinajstić information content (AvgIpc) is 2.59. The predicted molar refractivity (Wildman–Crippen MR) is 91.9 cm³/mol. The molecule has 1 aliphatic heterocycles. The van der Waals surface area contributed by atoms with E-state index in [0.29, 0.717) is 0 Å². The molecule has 1 aliphatic rings. The van der Waals surface area contributed by atoms with E-state index < -0.39 is 0 Å². The zero-order valence-electron chi connectivity index (χ0n) is 12.9. The van der Waals surface area contributed by atoms with Crippen LogP contribution < -0.4 is 5.43 Å². The van der Waals surface area contributed by atoms with E-state index in [4.69, 9.17) is 5.10 Å². The SMILES string of the molecule is CN1CC=C(NN=C(c2ccccc2)c2ccccc2)CC1. The van der Waals surface area contributed by atoms with E-state index in [0.717, 1.165) is 36.3 Å². The Morgan fingerprint density at radius 1 is 0.955 bits per heavy atom. The molecule has 0 unspecified atom stereocenters. The fraction of sp³-hybridized carbons (Fsp3) is 0.211. The average molecular weight is 291 g/mol.